The highest BCUT2D eigenvalue weighted by Crippen LogP contribution is 2.39. The van der Waals surface area contributed by atoms with Gasteiger partial charge >= 0.3 is 0 Å². The monoisotopic (exact) mass is 403 g/mol. The molecule has 1 amide bonds. The number of rotatable bonds is 3. The third-order valence-corrected chi connectivity index (χ3v) is 5.07. The molecule has 0 saturated heterocycles. The van der Waals surface area contributed by atoms with Gasteiger partial charge in [-0.25, -0.2) is 0 Å². The van der Waals surface area contributed by atoms with E-state index in [4.69, 9.17) is 5.73 Å². The Kier molecular flexibility index (Phi) is 4.60. The number of nitrogens with two attached hydrogens (primary N) is 1. The number of thiol groups is 1. The van der Waals surface area contributed by atoms with E-state index in [1.54, 1.807) is 54.6 Å². The highest BCUT2D eigenvalue weighted by molar-refractivity contribution is 7.80. The lowest BCUT2D eigenvalue weighted by Gasteiger charge is -2.23. The molecule has 0 aromatic heterocycles. The van der Waals surface area contributed by atoms with Crippen LogP contribution in [-0.4, -0.2) is 17.5 Å². The molecular formula is C22H17N3O3S. The molecule has 6 nitrogen and oxygen atoms in total. The number of carbonyl (C=O) groups is 3. The average molecular weight is 403 g/mol. The zero-order chi connectivity index (χ0) is 20.7. The van der Waals surface area contributed by atoms with Gasteiger partial charge in [0.05, 0.1) is 22.5 Å². The second-order valence-electron chi connectivity index (χ2n) is 6.69. The number of hydrogen-bond donors (Lipinski definition) is 4. The molecule has 0 bridgehead atoms. The third kappa shape index (κ3) is 3.25. The van der Waals surface area contributed by atoms with Gasteiger partial charge in [0.2, 0.25) is 5.91 Å². The SMILES string of the molecule is CC(=O)Nc1ccc(Nc2cc(S)c(N)c3c2C(=O)c2ccccc2C3=O)cc1. The van der Waals surface area contributed by atoms with Crippen molar-refractivity contribution < 1.29 is 14.4 Å². The summed E-state index contributed by atoms with van der Waals surface area (Å²) in [7, 11) is 0. The maximum absolute atomic E-state index is 13.2. The minimum Gasteiger partial charge on any atom is -0.397 e. The van der Waals surface area contributed by atoms with Crippen LogP contribution < -0.4 is 16.4 Å². The Morgan fingerprint density at radius 1 is 0.897 bits per heavy atom. The van der Waals surface area contributed by atoms with Crippen molar-refractivity contribution in [3.63, 3.8) is 0 Å². The fourth-order valence-electron chi connectivity index (χ4n) is 3.40. The number of nitrogens with one attached hydrogen (secondary N) is 2. The van der Waals surface area contributed by atoms with Crippen LogP contribution in [-0.2, 0) is 4.79 Å². The normalized spacial score (nSPS) is 12.2. The second kappa shape index (κ2) is 7.10. The topological polar surface area (TPSA) is 101 Å². The van der Waals surface area contributed by atoms with Gasteiger partial charge in [-0.3, -0.25) is 14.4 Å². The Balaban J connectivity index is 1.80. The van der Waals surface area contributed by atoms with Crippen molar-refractivity contribution in [1.29, 1.82) is 0 Å². The molecule has 0 saturated carbocycles. The van der Waals surface area contributed by atoms with E-state index in [9.17, 15) is 14.4 Å². The van der Waals surface area contributed by atoms with Gasteiger partial charge in [0, 0.05) is 34.3 Å². The Bertz CT molecular complexity index is 1190. The number of anilines is 4. The lowest BCUT2D eigenvalue weighted by molar-refractivity contribution is -0.114. The Labute approximate surface area is 172 Å². The molecule has 0 spiro atoms. The van der Waals surface area contributed by atoms with Crippen LogP contribution in [0.25, 0.3) is 0 Å². The maximum atomic E-state index is 13.2. The minimum absolute atomic E-state index is 0.165. The number of fused-ring (bicyclic) bond motifs is 2. The molecule has 0 aliphatic heterocycles. The predicted molar refractivity (Wildman–Crippen MR) is 115 cm³/mol. The fraction of sp³-hybridized carbons (Fsp3) is 0.0455. The summed E-state index contributed by atoms with van der Waals surface area (Å²) < 4.78 is 0. The largest absolute Gasteiger partial charge is 0.397 e. The van der Waals surface area contributed by atoms with Crippen LogP contribution in [0.3, 0.4) is 0 Å². The molecule has 3 aromatic rings. The molecule has 0 heterocycles. The highest BCUT2D eigenvalue weighted by atomic mass is 32.1. The van der Waals surface area contributed by atoms with E-state index in [1.165, 1.54) is 6.92 Å². The summed E-state index contributed by atoms with van der Waals surface area (Å²) in [6, 6.07) is 15.3. The van der Waals surface area contributed by atoms with Crippen LogP contribution in [0.2, 0.25) is 0 Å². The second-order valence-corrected chi connectivity index (χ2v) is 7.18. The number of carbonyl (C=O) groups excluding carboxylic acids is 3. The van der Waals surface area contributed by atoms with Crippen molar-refractivity contribution >= 4 is 52.9 Å². The van der Waals surface area contributed by atoms with Crippen LogP contribution >= 0.6 is 12.6 Å². The quantitative estimate of drug-likeness (QED) is 0.306. The van der Waals surface area contributed by atoms with Crippen molar-refractivity contribution in [3.8, 4) is 0 Å². The summed E-state index contributed by atoms with van der Waals surface area (Å²) in [5.74, 6) is -0.735. The molecule has 0 atom stereocenters. The van der Waals surface area contributed by atoms with Crippen LogP contribution in [0.4, 0.5) is 22.7 Å². The first-order chi connectivity index (χ1) is 13.9. The van der Waals surface area contributed by atoms with Gasteiger partial charge in [-0.05, 0) is 30.3 Å². The molecule has 4 rings (SSSR count). The van der Waals surface area contributed by atoms with Gasteiger partial charge in [-0.15, -0.1) is 12.6 Å². The van der Waals surface area contributed by atoms with Crippen LogP contribution in [0.15, 0.2) is 59.5 Å². The first-order valence-electron chi connectivity index (χ1n) is 8.85. The summed E-state index contributed by atoms with van der Waals surface area (Å²) in [4.78, 5) is 37.8. The standard InChI is InChI=1S/C22H17N3O3S/c1-11(26)24-12-6-8-13(9-7-12)25-16-10-17(29)20(23)19-18(16)21(27)14-4-2-3-5-15(14)22(19)28/h2-10,25,29H,23H2,1H3,(H,24,26). The first kappa shape index (κ1) is 18.8. The molecule has 29 heavy (non-hydrogen) atoms. The molecule has 1 aliphatic rings. The minimum atomic E-state index is -0.298. The van der Waals surface area contributed by atoms with Gasteiger partial charge in [-0.1, -0.05) is 24.3 Å². The van der Waals surface area contributed by atoms with E-state index in [-0.39, 0.29) is 34.3 Å². The summed E-state index contributed by atoms with van der Waals surface area (Å²) in [6.07, 6.45) is 0. The van der Waals surface area contributed by atoms with Gasteiger partial charge in [0.1, 0.15) is 0 Å². The summed E-state index contributed by atoms with van der Waals surface area (Å²) in [6.45, 7) is 1.43. The van der Waals surface area contributed by atoms with E-state index >= 15 is 0 Å². The number of nitrogen functional groups attached to an aromatic ring is 1. The molecule has 1 aliphatic carbocycles. The molecule has 0 radical (unpaired) electrons. The molecule has 0 fully saturated rings. The molecular weight excluding hydrogens is 386 g/mol. The summed E-state index contributed by atoms with van der Waals surface area (Å²) >= 11 is 4.39. The molecule has 7 heteroatoms. The Morgan fingerprint density at radius 2 is 1.45 bits per heavy atom. The summed E-state index contributed by atoms with van der Waals surface area (Å²) in [5, 5.41) is 5.86. The van der Waals surface area contributed by atoms with Crippen molar-refractivity contribution in [3.05, 3.63) is 76.9 Å². The average Bonchev–Trinajstić information content (AvgIpc) is 2.70. The first-order valence-corrected chi connectivity index (χ1v) is 9.30. The zero-order valence-corrected chi connectivity index (χ0v) is 16.3. The van der Waals surface area contributed by atoms with Crippen LogP contribution in [0, 0.1) is 0 Å². The van der Waals surface area contributed by atoms with E-state index in [2.05, 4.69) is 23.3 Å². The molecule has 4 N–H and O–H groups in total. The van der Waals surface area contributed by atoms with E-state index < -0.39 is 0 Å². The number of amides is 1. The van der Waals surface area contributed by atoms with Crippen LogP contribution in [0.5, 0.6) is 0 Å². The highest BCUT2D eigenvalue weighted by Gasteiger charge is 2.34. The van der Waals surface area contributed by atoms with E-state index in [1.807, 2.05) is 0 Å². The third-order valence-electron chi connectivity index (χ3n) is 4.70. The summed E-state index contributed by atoms with van der Waals surface area (Å²) in [5.41, 5.74) is 9.16. The molecule has 144 valence electrons. The predicted octanol–water partition coefficient (Wildman–Crippen LogP) is 4.03. The zero-order valence-electron chi connectivity index (χ0n) is 15.4. The van der Waals surface area contributed by atoms with Crippen LogP contribution in [0.1, 0.15) is 38.8 Å². The Morgan fingerprint density at radius 3 is 2.03 bits per heavy atom. The molecule has 3 aromatic carbocycles. The van der Waals surface area contributed by atoms with Crippen molar-refractivity contribution in [2.75, 3.05) is 16.4 Å². The van der Waals surface area contributed by atoms with E-state index in [0.29, 0.717) is 33.1 Å². The van der Waals surface area contributed by atoms with Gasteiger partial charge in [0.15, 0.2) is 11.6 Å². The Hall–Kier alpha value is -3.58. The molecule has 0 unspecified atom stereocenters. The number of hydrogen-bond acceptors (Lipinski definition) is 6. The maximum Gasteiger partial charge on any atom is 0.221 e. The lowest BCUT2D eigenvalue weighted by atomic mass is 9.82. The fourth-order valence-corrected chi connectivity index (χ4v) is 3.64. The van der Waals surface area contributed by atoms with Gasteiger partial charge in [-0.2, -0.15) is 0 Å². The van der Waals surface area contributed by atoms with E-state index in [0.717, 1.165) is 0 Å². The van der Waals surface area contributed by atoms with Gasteiger partial charge in [0.25, 0.3) is 0 Å². The van der Waals surface area contributed by atoms with Crippen molar-refractivity contribution in [1.82, 2.24) is 0 Å². The van der Waals surface area contributed by atoms with Gasteiger partial charge < -0.3 is 16.4 Å². The smallest absolute Gasteiger partial charge is 0.221 e. The lowest BCUT2D eigenvalue weighted by Crippen LogP contribution is -2.24. The number of ketones is 2. The number of benzene rings is 3. The van der Waals surface area contributed by atoms with Crippen molar-refractivity contribution in [2.45, 2.75) is 11.8 Å². The van der Waals surface area contributed by atoms with Crippen molar-refractivity contribution in [2.24, 2.45) is 0 Å².